The van der Waals surface area contributed by atoms with Crippen molar-refractivity contribution in [2.45, 2.75) is 30.2 Å². The highest BCUT2D eigenvalue weighted by Crippen LogP contribution is 2.25. The summed E-state index contributed by atoms with van der Waals surface area (Å²) in [4.78, 5) is 39.6. The second kappa shape index (κ2) is 12.5. The number of nitrogens with zero attached hydrogens (tertiary/aromatic N) is 7. The number of amides is 1. The predicted octanol–water partition coefficient (Wildman–Crippen LogP) is 1.00. The molecule has 13 heteroatoms. The van der Waals surface area contributed by atoms with E-state index < -0.39 is 16.4 Å². The van der Waals surface area contributed by atoms with Gasteiger partial charge in [-0.05, 0) is 56.6 Å². The molecule has 2 aromatic heterocycles. The first-order valence-corrected chi connectivity index (χ1v) is 16.0. The number of carbonyl (C=O) groups excluding carboxylic acids is 1. The molecule has 0 bridgehead atoms. The summed E-state index contributed by atoms with van der Waals surface area (Å²) < 4.78 is 15.1. The number of β-amino-alcohol motifs (C(OH)–C–C–N with tert-alkyl or cyclic N) is 1. The topological polar surface area (TPSA) is 130 Å². The average Bonchev–Trinajstić information content (AvgIpc) is 3.28. The van der Waals surface area contributed by atoms with Crippen molar-refractivity contribution >= 4 is 38.9 Å². The Morgan fingerprint density at radius 3 is 2.53 bits per heavy atom. The van der Waals surface area contributed by atoms with Gasteiger partial charge in [0.25, 0.3) is 5.56 Å². The molecule has 2 aromatic carbocycles. The number of aliphatic hydroxyl groups is 1. The van der Waals surface area contributed by atoms with Crippen molar-refractivity contribution in [2.24, 2.45) is 0 Å². The van der Waals surface area contributed by atoms with E-state index in [0.717, 1.165) is 69.0 Å². The van der Waals surface area contributed by atoms with Crippen molar-refractivity contribution in [3.8, 4) is 0 Å². The van der Waals surface area contributed by atoms with Gasteiger partial charge in [0.1, 0.15) is 10.8 Å². The smallest absolute Gasteiger partial charge is 0.281 e. The first-order chi connectivity index (χ1) is 20.8. The van der Waals surface area contributed by atoms with Crippen LogP contribution in [0.3, 0.4) is 0 Å². The summed E-state index contributed by atoms with van der Waals surface area (Å²) in [6.45, 7) is 11.3. The number of fused-ring (bicyclic) bond motifs is 3. The van der Waals surface area contributed by atoms with Crippen LogP contribution in [0.15, 0.2) is 51.1 Å². The van der Waals surface area contributed by atoms with E-state index in [1.807, 2.05) is 49.1 Å². The molecule has 12 nitrogen and oxygen atoms in total. The summed E-state index contributed by atoms with van der Waals surface area (Å²) in [6, 6.07) is 11.4. The van der Waals surface area contributed by atoms with E-state index >= 15 is 0 Å². The fourth-order valence-corrected chi connectivity index (χ4v) is 7.25. The number of anilines is 1. The molecule has 2 N–H and O–H groups in total. The largest absolute Gasteiger partial charge is 0.395 e. The number of benzene rings is 2. The number of hydrogen-bond acceptors (Lipinski definition) is 9. The van der Waals surface area contributed by atoms with Crippen LogP contribution < -0.4 is 10.5 Å². The van der Waals surface area contributed by atoms with Gasteiger partial charge in [0.05, 0.1) is 24.1 Å². The van der Waals surface area contributed by atoms with Crippen LogP contribution in [0.25, 0.3) is 16.6 Å². The standard InChI is InChI=1S/C30H38N8O4S/c1-21-4-7-26(22(2)18-21)43(42)30-28-31-29(41)24-6-5-23(19-25(24)38(28)33-32-30)36-13-11-35(12-14-36)20-27(40)37-9-3-8-34(10-15-37)16-17-39/h4-7,18-19,33,39H,3,8-17,20H2,1-2H3. The number of piperazine rings is 1. The lowest BCUT2D eigenvalue weighted by atomic mass is 10.2. The maximum absolute atomic E-state index is 13.5. The molecule has 2 saturated heterocycles. The molecule has 0 aliphatic carbocycles. The molecule has 43 heavy (non-hydrogen) atoms. The third kappa shape index (κ3) is 6.07. The maximum Gasteiger partial charge on any atom is 0.281 e. The van der Waals surface area contributed by atoms with Crippen LogP contribution in [0.4, 0.5) is 5.69 Å². The average molecular weight is 607 g/mol. The minimum absolute atomic E-state index is 0.144. The Labute approximate surface area is 252 Å². The third-order valence-corrected chi connectivity index (χ3v) is 9.96. The zero-order valence-corrected chi connectivity index (χ0v) is 25.5. The summed E-state index contributed by atoms with van der Waals surface area (Å²) >= 11 is 0. The number of rotatable bonds is 7. The molecule has 0 saturated carbocycles. The van der Waals surface area contributed by atoms with Gasteiger partial charge < -0.3 is 14.9 Å². The van der Waals surface area contributed by atoms with Gasteiger partial charge >= 0.3 is 0 Å². The zero-order valence-electron chi connectivity index (χ0n) is 24.7. The molecule has 6 rings (SSSR count). The Morgan fingerprint density at radius 2 is 1.77 bits per heavy atom. The highest BCUT2D eigenvalue weighted by molar-refractivity contribution is 7.85. The van der Waals surface area contributed by atoms with E-state index in [2.05, 4.69) is 30.0 Å². The highest BCUT2D eigenvalue weighted by Gasteiger charge is 2.25. The zero-order chi connectivity index (χ0) is 30.1. The van der Waals surface area contributed by atoms with E-state index in [-0.39, 0.29) is 23.2 Å². The maximum atomic E-state index is 13.5. The lowest BCUT2D eigenvalue weighted by molar-refractivity contribution is -0.132. The van der Waals surface area contributed by atoms with Crippen LogP contribution in [0.1, 0.15) is 17.5 Å². The molecule has 4 heterocycles. The number of aromatic nitrogens is 4. The van der Waals surface area contributed by atoms with Crippen molar-refractivity contribution in [2.75, 3.05) is 77.0 Å². The number of aryl methyl sites for hydroxylation is 2. The molecule has 4 aromatic rings. The number of H-pyrrole nitrogens is 1. The Kier molecular flexibility index (Phi) is 8.57. The lowest BCUT2D eigenvalue weighted by Gasteiger charge is -2.36. The van der Waals surface area contributed by atoms with Gasteiger partial charge in [-0.1, -0.05) is 17.7 Å². The predicted molar refractivity (Wildman–Crippen MR) is 165 cm³/mol. The number of nitrogens with one attached hydrogen (secondary N) is 1. The van der Waals surface area contributed by atoms with E-state index in [9.17, 15) is 18.9 Å². The Balaban J connectivity index is 1.16. The lowest BCUT2D eigenvalue weighted by Crippen LogP contribution is -2.50. The second-order valence-corrected chi connectivity index (χ2v) is 12.8. The molecule has 2 aliphatic rings. The minimum Gasteiger partial charge on any atom is -0.395 e. The Morgan fingerprint density at radius 1 is 0.977 bits per heavy atom. The van der Waals surface area contributed by atoms with E-state index in [1.165, 1.54) is 0 Å². The normalized spacial score (nSPS) is 17.9. The first kappa shape index (κ1) is 29.4. The van der Waals surface area contributed by atoms with Crippen LogP contribution in [0.5, 0.6) is 0 Å². The van der Waals surface area contributed by atoms with Gasteiger partial charge in [0.15, 0.2) is 10.7 Å². The Hall–Kier alpha value is -3.65. The van der Waals surface area contributed by atoms with Crippen LogP contribution >= 0.6 is 0 Å². The van der Waals surface area contributed by atoms with Gasteiger partial charge in [-0.3, -0.25) is 19.4 Å². The highest BCUT2D eigenvalue weighted by atomic mass is 32.2. The van der Waals surface area contributed by atoms with Crippen LogP contribution in [-0.2, 0) is 15.6 Å². The van der Waals surface area contributed by atoms with E-state index in [4.69, 9.17) is 0 Å². The fraction of sp³-hybridized carbons (Fsp3) is 0.467. The van der Waals surface area contributed by atoms with Crippen LogP contribution in [0, 0.1) is 13.8 Å². The van der Waals surface area contributed by atoms with Crippen LogP contribution in [-0.4, -0.2) is 122 Å². The molecule has 2 fully saturated rings. The third-order valence-electron chi connectivity index (χ3n) is 8.47. The van der Waals surface area contributed by atoms with Crippen LogP contribution in [0.2, 0.25) is 0 Å². The molecule has 0 radical (unpaired) electrons. The van der Waals surface area contributed by atoms with Gasteiger partial charge in [-0.25, -0.2) is 13.9 Å². The SMILES string of the molecule is Cc1ccc(S(=O)c2n[nH]n3c2nc(=O)c2ccc(N4CCN(CC(=O)N5CCCN(CCO)CC5)CC4)cc23)c(C)c1. The molecule has 0 spiro atoms. The molecule has 1 unspecified atom stereocenters. The second-order valence-electron chi connectivity index (χ2n) is 11.4. The van der Waals surface area contributed by atoms with E-state index in [0.29, 0.717) is 35.4 Å². The number of hydrogen-bond donors (Lipinski definition) is 2. The van der Waals surface area contributed by atoms with Crippen molar-refractivity contribution in [1.29, 1.82) is 0 Å². The molecule has 228 valence electrons. The Bertz CT molecular complexity index is 1730. The summed E-state index contributed by atoms with van der Waals surface area (Å²) in [7, 11) is -1.61. The van der Waals surface area contributed by atoms with Gasteiger partial charge in [-0.2, -0.15) is 4.98 Å². The monoisotopic (exact) mass is 606 g/mol. The van der Waals surface area contributed by atoms with Gasteiger partial charge in [-0.15, -0.1) is 5.10 Å². The summed E-state index contributed by atoms with van der Waals surface area (Å²) in [5.74, 6) is 0.160. The van der Waals surface area contributed by atoms with Crippen molar-refractivity contribution in [3.63, 3.8) is 0 Å². The van der Waals surface area contributed by atoms with Crippen molar-refractivity contribution in [3.05, 3.63) is 57.9 Å². The number of aliphatic hydroxyl groups excluding tert-OH is 1. The quantitative estimate of drug-likeness (QED) is 0.317. The summed E-state index contributed by atoms with van der Waals surface area (Å²) in [6.07, 6.45) is 0.923. The molecule has 1 atom stereocenters. The van der Waals surface area contributed by atoms with Crippen molar-refractivity contribution < 1.29 is 14.1 Å². The molecular formula is C30H38N8O4S. The summed E-state index contributed by atoms with van der Waals surface area (Å²) in [5.41, 5.74) is 3.41. The van der Waals surface area contributed by atoms with Crippen molar-refractivity contribution in [1.82, 2.24) is 34.5 Å². The number of carbonyl (C=O) groups is 1. The van der Waals surface area contributed by atoms with E-state index in [1.54, 1.807) is 10.6 Å². The molecule has 1 amide bonds. The first-order valence-electron chi connectivity index (χ1n) is 14.8. The number of aromatic amines is 1. The molecule has 2 aliphatic heterocycles. The fourth-order valence-electron chi connectivity index (χ4n) is 6.07. The molecular weight excluding hydrogens is 568 g/mol. The van der Waals surface area contributed by atoms with Gasteiger partial charge in [0.2, 0.25) is 5.91 Å². The van der Waals surface area contributed by atoms with Gasteiger partial charge in [0, 0.05) is 62.9 Å². The summed E-state index contributed by atoms with van der Waals surface area (Å²) in [5, 5.41) is 17.2. The minimum atomic E-state index is -1.61.